The third kappa shape index (κ3) is 4.51. The molecule has 2 aromatic rings. The first-order valence-corrected chi connectivity index (χ1v) is 10.1. The summed E-state index contributed by atoms with van der Waals surface area (Å²) in [6, 6.07) is 8.20. The van der Waals surface area contributed by atoms with Crippen LogP contribution in [0.5, 0.6) is 5.75 Å². The molecule has 2 aliphatic rings. The lowest BCUT2D eigenvalue weighted by molar-refractivity contribution is -0.182. The molecule has 2 aromatic carbocycles. The summed E-state index contributed by atoms with van der Waals surface area (Å²) in [5, 5.41) is 0.590. The minimum Gasteiger partial charge on any atom is -0.497 e. The number of hydroxylamine groups is 3. The zero-order chi connectivity index (χ0) is 24.5. The number of hydrogen-bond acceptors (Lipinski definition) is 7. The van der Waals surface area contributed by atoms with E-state index in [0.29, 0.717) is 29.5 Å². The number of anilines is 1. The molecule has 0 saturated carbocycles. The summed E-state index contributed by atoms with van der Waals surface area (Å²) in [5.41, 5.74) is 0.377. The number of para-hydroxylation sites is 1. The van der Waals surface area contributed by atoms with Crippen molar-refractivity contribution in [2.45, 2.75) is 19.0 Å². The van der Waals surface area contributed by atoms with Gasteiger partial charge in [-0.2, -0.15) is 13.2 Å². The number of rotatable bonds is 5. The normalized spacial score (nSPS) is 16.4. The summed E-state index contributed by atoms with van der Waals surface area (Å²) < 4.78 is 45.7. The van der Waals surface area contributed by atoms with Crippen LogP contribution in [0.2, 0.25) is 0 Å². The summed E-state index contributed by atoms with van der Waals surface area (Å²) in [5.74, 6) is -2.59. The molecule has 0 aromatic heterocycles. The van der Waals surface area contributed by atoms with Crippen molar-refractivity contribution in [1.82, 2.24) is 5.06 Å². The number of carbonyl (C=O) groups is 3. The Morgan fingerprint density at radius 1 is 1.06 bits per heavy atom. The number of fused-ring (bicyclic) bond motifs is 1. The van der Waals surface area contributed by atoms with Crippen LogP contribution in [0.25, 0.3) is 0 Å². The number of alkyl halides is 3. The summed E-state index contributed by atoms with van der Waals surface area (Å²) in [7, 11) is 1.51. The van der Waals surface area contributed by atoms with Gasteiger partial charge in [-0.1, -0.05) is 18.2 Å². The third-order valence-electron chi connectivity index (χ3n) is 5.21. The van der Waals surface area contributed by atoms with Gasteiger partial charge >= 0.3 is 24.1 Å². The number of aliphatic imine (C=N–C) groups is 1. The van der Waals surface area contributed by atoms with Crippen molar-refractivity contribution in [3.05, 3.63) is 59.2 Å². The highest BCUT2D eigenvalue weighted by Gasteiger charge is 2.42. The van der Waals surface area contributed by atoms with Gasteiger partial charge in [0.15, 0.2) is 0 Å². The van der Waals surface area contributed by atoms with E-state index in [1.54, 1.807) is 12.1 Å². The van der Waals surface area contributed by atoms with Crippen LogP contribution in [0.1, 0.15) is 23.1 Å². The monoisotopic (exact) mass is 477 g/mol. The lowest BCUT2D eigenvalue weighted by Crippen LogP contribution is -2.42. The first kappa shape index (κ1) is 23.1. The van der Waals surface area contributed by atoms with Crippen molar-refractivity contribution >= 4 is 29.4 Å². The second-order valence-corrected chi connectivity index (χ2v) is 7.30. The summed E-state index contributed by atoms with van der Waals surface area (Å²) in [4.78, 5) is 50.8. The molecule has 0 radical (unpaired) electrons. The maximum Gasteiger partial charge on any atom is 0.444 e. The third-order valence-corrected chi connectivity index (χ3v) is 5.21. The van der Waals surface area contributed by atoms with Crippen LogP contribution in [0, 0.1) is 0 Å². The molecule has 1 fully saturated rings. The highest BCUT2D eigenvalue weighted by molar-refractivity contribution is 6.30. The summed E-state index contributed by atoms with van der Waals surface area (Å²) >= 11 is 0. The highest BCUT2D eigenvalue weighted by atomic mass is 19.4. The van der Waals surface area contributed by atoms with E-state index in [1.165, 1.54) is 13.2 Å². The minimum atomic E-state index is -4.86. The molecule has 0 atom stereocenters. The van der Waals surface area contributed by atoms with Gasteiger partial charge in [-0.25, -0.2) is 14.4 Å². The Balaban J connectivity index is 1.61. The van der Waals surface area contributed by atoms with E-state index >= 15 is 0 Å². The summed E-state index contributed by atoms with van der Waals surface area (Å²) in [6.45, 7) is 0.205. The molecule has 2 aliphatic heterocycles. The number of methoxy groups -OCH3 is 1. The Labute approximate surface area is 191 Å². The molecular formula is C22H18F3N3O6. The Morgan fingerprint density at radius 3 is 2.53 bits per heavy atom. The Hall–Kier alpha value is -4.09. The van der Waals surface area contributed by atoms with Crippen molar-refractivity contribution in [3.63, 3.8) is 0 Å². The van der Waals surface area contributed by atoms with Gasteiger partial charge in [0.25, 0.3) is 0 Å². The van der Waals surface area contributed by atoms with E-state index in [1.807, 2.05) is 6.07 Å². The predicted molar refractivity (Wildman–Crippen MR) is 111 cm³/mol. The minimum absolute atomic E-state index is 0.0855. The average molecular weight is 477 g/mol. The molecule has 2 heterocycles. The van der Waals surface area contributed by atoms with E-state index in [9.17, 15) is 27.6 Å². The largest absolute Gasteiger partial charge is 0.497 e. The number of nitrogens with zero attached hydrogens (tertiary/aromatic N) is 3. The maximum atomic E-state index is 13.5. The Morgan fingerprint density at radius 2 is 1.79 bits per heavy atom. The van der Waals surface area contributed by atoms with Crippen LogP contribution in [0.4, 0.5) is 23.7 Å². The number of urea groups is 1. The summed E-state index contributed by atoms with van der Waals surface area (Å²) in [6.07, 6.45) is -4.07. The Bertz CT molecular complexity index is 1180. The first-order valence-electron chi connectivity index (χ1n) is 10.1. The van der Waals surface area contributed by atoms with E-state index in [2.05, 4.69) is 9.83 Å². The molecule has 2 amide bonds. The van der Waals surface area contributed by atoms with Crippen molar-refractivity contribution in [3.8, 4) is 5.75 Å². The number of ether oxygens (including phenoxy) is 1. The van der Waals surface area contributed by atoms with Gasteiger partial charge in [0.05, 0.1) is 24.9 Å². The van der Waals surface area contributed by atoms with Gasteiger partial charge < -0.3 is 14.4 Å². The second-order valence-electron chi connectivity index (χ2n) is 7.30. The molecular weight excluding hydrogens is 459 g/mol. The molecule has 178 valence electrons. The van der Waals surface area contributed by atoms with Gasteiger partial charge in [-0.15, -0.1) is 10.1 Å². The van der Waals surface area contributed by atoms with Crippen molar-refractivity contribution < 1.29 is 42.0 Å². The van der Waals surface area contributed by atoms with Gasteiger partial charge in [0.2, 0.25) is 0 Å². The highest BCUT2D eigenvalue weighted by Crippen LogP contribution is 2.37. The fourth-order valence-corrected chi connectivity index (χ4v) is 3.61. The molecule has 0 unspecified atom stereocenters. The van der Waals surface area contributed by atoms with Gasteiger partial charge in [0.1, 0.15) is 5.75 Å². The van der Waals surface area contributed by atoms with Gasteiger partial charge in [-0.3, -0.25) is 4.99 Å². The lowest BCUT2D eigenvalue weighted by atomic mass is 9.95. The standard InChI is InChI=1S/C22H18F3N3O6/c1-32-14-7-6-13-8-10-26-17(15(13)12-14)9-11-27-21(31)28(34-20(30)19(29)33-27)18-5-3-2-4-16(18)22(23,24)25/h2-7,12H,8-11H2,1H3. The molecule has 0 bridgehead atoms. The van der Waals surface area contributed by atoms with E-state index in [-0.39, 0.29) is 18.0 Å². The molecule has 1 saturated heterocycles. The number of halogens is 3. The second kappa shape index (κ2) is 9.04. The Kier molecular flexibility index (Phi) is 6.14. The smallest absolute Gasteiger partial charge is 0.444 e. The molecule has 12 heteroatoms. The fourth-order valence-electron chi connectivity index (χ4n) is 3.61. The molecule has 0 aliphatic carbocycles. The van der Waals surface area contributed by atoms with Gasteiger partial charge in [0, 0.05) is 24.2 Å². The quantitative estimate of drug-likeness (QED) is 0.613. The van der Waals surface area contributed by atoms with E-state index in [0.717, 1.165) is 29.3 Å². The maximum absolute atomic E-state index is 13.5. The van der Waals surface area contributed by atoms with Crippen LogP contribution in [-0.4, -0.2) is 48.9 Å². The molecule has 34 heavy (non-hydrogen) atoms. The predicted octanol–water partition coefficient (Wildman–Crippen LogP) is 3.31. The first-order chi connectivity index (χ1) is 16.2. The molecule has 4 rings (SSSR count). The van der Waals surface area contributed by atoms with Gasteiger partial charge in [-0.05, 0) is 36.2 Å². The van der Waals surface area contributed by atoms with Crippen molar-refractivity contribution in [2.24, 2.45) is 4.99 Å². The van der Waals surface area contributed by atoms with Crippen LogP contribution >= 0.6 is 0 Å². The molecule has 9 nitrogen and oxygen atoms in total. The SMILES string of the molecule is COc1ccc2c(c1)C(CCN1OC(=O)C(=O)ON(c3ccccc3C(F)(F)F)C1=O)=NCC2. The van der Waals surface area contributed by atoms with E-state index < -0.39 is 35.4 Å². The number of amides is 2. The van der Waals surface area contributed by atoms with Crippen molar-refractivity contribution in [1.29, 1.82) is 0 Å². The molecule has 0 spiro atoms. The van der Waals surface area contributed by atoms with Crippen LogP contribution < -0.4 is 9.80 Å². The lowest BCUT2D eigenvalue weighted by Gasteiger charge is -2.25. The number of benzene rings is 2. The topological polar surface area (TPSA) is 97.7 Å². The fraction of sp³-hybridized carbons (Fsp3) is 0.273. The van der Waals surface area contributed by atoms with Crippen LogP contribution in [-0.2, 0) is 31.9 Å². The van der Waals surface area contributed by atoms with Crippen molar-refractivity contribution in [2.75, 3.05) is 25.3 Å². The van der Waals surface area contributed by atoms with E-state index in [4.69, 9.17) is 9.57 Å². The zero-order valence-electron chi connectivity index (χ0n) is 17.8. The van der Waals surface area contributed by atoms with Crippen LogP contribution in [0.3, 0.4) is 0 Å². The molecule has 0 N–H and O–H groups in total. The number of hydrogen-bond donors (Lipinski definition) is 0. The average Bonchev–Trinajstić information content (AvgIpc) is 2.93. The number of carbonyl (C=O) groups excluding carboxylic acids is 3. The zero-order valence-corrected chi connectivity index (χ0v) is 17.8. The van der Waals surface area contributed by atoms with Crippen LogP contribution in [0.15, 0.2) is 47.5 Å².